The summed E-state index contributed by atoms with van der Waals surface area (Å²) in [4.78, 5) is 0. The van der Waals surface area contributed by atoms with Crippen molar-refractivity contribution < 1.29 is 5.11 Å². The molecular formula is C7H18N2O. The first-order valence-corrected chi connectivity index (χ1v) is 3.45. The molecule has 0 bridgehead atoms. The maximum absolute atomic E-state index is 9.21. The van der Waals surface area contributed by atoms with Crippen molar-refractivity contribution in [1.29, 1.82) is 0 Å². The highest BCUT2D eigenvalue weighted by molar-refractivity contribution is 5.01. The van der Waals surface area contributed by atoms with Crippen LogP contribution in [0.15, 0.2) is 0 Å². The van der Waals surface area contributed by atoms with Crippen molar-refractivity contribution in [2.24, 2.45) is 11.5 Å². The van der Waals surface area contributed by atoms with E-state index < -0.39 is 17.2 Å². The van der Waals surface area contributed by atoms with Crippen molar-refractivity contribution in [2.75, 3.05) is 0 Å². The van der Waals surface area contributed by atoms with Crippen molar-refractivity contribution in [3.8, 4) is 0 Å². The van der Waals surface area contributed by atoms with Crippen molar-refractivity contribution in [3.63, 3.8) is 0 Å². The monoisotopic (exact) mass is 146 g/mol. The Balaban J connectivity index is 4.40. The van der Waals surface area contributed by atoms with Crippen LogP contribution in [0.2, 0.25) is 0 Å². The second-order valence-corrected chi connectivity index (χ2v) is 3.68. The Kier molecular flexibility index (Phi) is 2.46. The summed E-state index contributed by atoms with van der Waals surface area (Å²) >= 11 is 0. The standard InChI is InChI=1S/C7H18N2O/c1-5(10)7(4,9)6(2,3)8/h5,10H,8-9H2,1-4H3. The van der Waals surface area contributed by atoms with Gasteiger partial charge in [-0.1, -0.05) is 0 Å². The van der Waals surface area contributed by atoms with Crippen LogP contribution in [0, 0.1) is 0 Å². The Morgan fingerprint density at radius 1 is 1.20 bits per heavy atom. The van der Waals surface area contributed by atoms with Crippen LogP contribution in [0.5, 0.6) is 0 Å². The molecule has 10 heavy (non-hydrogen) atoms. The Hall–Kier alpha value is -0.120. The minimum atomic E-state index is -0.729. The van der Waals surface area contributed by atoms with E-state index in [4.69, 9.17) is 11.5 Å². The molecule has 0 rings (SSSR count). The third-order valence-corrected chi connectivity index (χ3v) is 2.26. The molecule has 62 valence electrons. The lowest BCUT2D eigenvalue weighted by molar-refractivity contribution is 0.0689. The summed E-state index contributed by atoms with van der Waals surface area (Å²) in [6.07, 6.45) is -0.590. The molecule has 0 aromatic heterocycles. The van der Waals surface area contributed by atoms with Gasteiger partial charge in [-0.3, -0.25) is 0 Å². The van der Waals surface area contributed by atoms with E-state index in [1.807, 2.05) is 0 Å². The summed E-state index contributed by atoms with van der Waals surface area (Å²) in [6.45, 7) is 7.01. The Morgan fingerprint density at radius 2 is 1.50 bits per heavy atom. The molecule has 0 aromatic carbocycles. The second-order valence-electron chi connectivity index (χ2n) is 3.68. The topological polar surface area (TPSA) is 72.3 Å². The van der Waals surface area contributed by atoms with Gasteiger partial charge in [-0.15, -0.1) is 0 Å². The molecule has 0 aliphatic rings. The zero-order valence-corrected chi connectivity index (χ0v) is 7.18. The maximum atomic E-state index is 9.21. The van der Waals surface area contributed by atoms with Crippen molar-refractivity contribution >= 4 is 0 Å². The number of aliphatic hydroxyl groups excluding tert-OH is 1. The summed E-state index contributed by atoms with van der Waals surface area (Å²) in [6, 6.07) is 0. The fourth-order valence-corrected chi connectivity index (χ4v) is 0.538. The van der Waals surface area contributed by atoms with Gasteiger partial charge in [0, 0.05) is 5.54 Å². The van der Waals surface area contributed by atoms with Crippen molar-refractivity contribution in [3.05, 3.63) is 0 Å². The summed E-state index contributed by atoms with van der Waals surface area (Å²) in [7, 11) is 0. The van der Waals surface area contributed by atoms with Gasteiger partial charge in [-0.2, -0.15) is 0 Å². The van der Waals surface area contributed by atoms with E-state index >= 15 is 0 Å². The van der Waals surface area contributed by atoms with Crippen LogP contribution in [0.25, 0.3) is 0 Å². The van der Waals surface area contributed by atoms with Gasteiger partial charge < -0.3 is 16.6 Å². The number of rotatable bonds is 2. The highest BCUT2D eigenvalue weighted by Crippen LogP contribution is 2.19. The van der Waals surface area contributed by atoms with Gasteiger partial charge in [0.2, 0.25) is 0 Å². The lowest BCUT2D eigenvalue weighted by atomic mass is 9.79. The smallest absolute Gasteiger partial charge is 0.0706 e. The molecule has 0 spiro atoms. The predicted octanol–water partition coefficient (Wildman–Crippen LogP) is -0.178. The van der Waals surface area contributed by atoms with E-state index in [-0.39, 0.29) is 0 Å². The van der Waals surface area contributed by atoms with Crippen LogP contribution in [0.1, 0.15) is 27.7 Å². The van der Waals surface area contributed by atoms with Gasteiger partial charge in [0.1, 0.15) is 0 Å². The van der Waals surface area contributed by atoms with E-state index in [0.717, 1.165) is 0 Å². The molecule has 2 unspecified atom stereocenters. The van der Waals surface area contributed by atoms with Crippen LogP contribution < -0.4 is 11.5 Å². The Labute approximate surface area is 62.4 Å². The average Bonchev–Trinajstić information content (AvgIpc) is 1.62. The molecule has 2 atom stereocenters. The Bertz CT molecular complexity index is 113. The molecule has 0 heterocycles. The molecular weight excluding hydrogens is 128 g/mol. The van der Waals surface area contributed by atoms with E-state index in [9.17, 15) is 5.11 Å². The highest BCUT2D eigenvalue weighted by Gasteiger charge is 2.38. The molecule has 0 saturated carbocycles. The molecule has 0 radical (unpaired) electrons. The molecule has 0 fully saturated rings. The molecule has 0 aliphatic carbocycles. The van der Waals surface area contributed by atoms with Crippen LogP contribution in [0.3, 0.4) is 0 Å². The third-order valence-electron chi connectivity index (χ3n) is 2.26. The average molecular weight is 146 g/mol. The maximum Gasteiger partial charge on any atom is 0.0706 e. The summed E-state index contributed by atoms with van der Waals surface area (Å²) in [5.41, 5.74) is 10.2. The van der Waals surface area contributed by atoms with Gasteiger partial charge in [0.05, 0.1) is 11.6 Å². The summed E-state index contributed by atoms with van der Waals surface area (Å²) in [5.74, 6) is 0. The normalized spacial score (nSPS) is 21.9. The molecule has 0 aromatic rings. The van der Waals surface area contributed by atoms with Gasteiger partial charge in [0.15, 0.2) is 0 Å². The van der Waals surface area contributed by atoms with E-state index in [1.54, 1.807) is 27.7 Å². The third kappa shape index (κ3) is 1.68. The van der Waals surface area contributed by atoms with Gasteiger partial charge in [-0.05, 0) is 27.7 Å². The Morgan fingerprint density at radius 3 is 1.50 bits per heavy atom. The first kappa shape index (κ1) is 9.88. The SMILES string of the molecule is CC(O)C(C)(N)C(C)(C)N. The van der Waals surface area contributed by atoms with Crippen molar-refractivity contribution in [2.45, 2.75) is 44.9 Å². The van der Waals surface area contributed by atoms with Crippen molar-refractivity contribution in [1.82, 2.24) is 0 Å². The fraction of sp³-hybridized carbons (Fsp3) is 1.00. The van der Waals surface area contributed by atoms with Crippen LogP contribution >= 0.6 is 0 Å². The first-order valence-electron chi connectivity index (χ1n) is 3.45. The summed E-state index contributed by atoms with van der Waals surface area (Å²) in [5, 5.41) is 9.21. The fourth-order valence-electron chi connectivity index (χ4n) is 0.538. The molecule has 0 saturated heterocycles. The second kappa shape index (κ2) is 2.49. The van der Waals surface area contributed by atoms with E-state index in [0.29, 0.717) is 0 Å². The van der Waals surface area contributed by atoms with Gasteiger partial charge in [-0.25, -0.2) is 0 Å². The van der Waals surface area contributed by atoms with Crippen LogP contribution in [0.4, 0.5) is 0 Å². The van der Waals surface area contributed by atoms with E-state index in [2.05, 4.69) is 0 Å². The number of nitrogens with two attached hydrogens (primary N) is 2. The lowest BCUT2D eigenvalue weighted by Gasteiger charge is -2.40. The number of hydrogen-bond acceptors (Lipinski definition) is 3. The zero-order valence-electron chi connectivity index (χ0n) is 7.18. The molecule has 3 heteroatoms. The molecule has 0 aliphatic heterocycles. The highest BCUT2D eigenvalue weighted by atomic mass is 16.3. The largest absolute Gasteiger partial charge is 0.391 e. The minimum absolute atomic E-state index is 0.554. The molecule has 5 N–H and O–H groups in total. The predicted molar refractivity (Wildman–Crippen MR) is 42.5 cm³/mol. The minimum Gasteiger partial charge on any atom is -0.391 e. The lowest BCUT2D eigenvalue weighted by Crippen LogP contribution is -2.66. The number of hydrogen-bond donors (Lipinski definition) is 3. The van der Waals surface area contributed by atoms with Gasteiger partial charge in [0.25, 0.3) is 0 Å². The molecule has 3 nitrogen and oxygen atoms in total. The van der Waals surface area contributed by atoms with Gasteiger partial charge >= 0.3 is 0 Å². The molecule has 0 amide bonds. The quantitative estimate of drug-likeness (QED) is 0.506. The van der Waals surface area contributed by atoms with Crippen LogP contribution in [-0.2, 0) is 0 Å². The first-order chi connectivity index (χ1) is 4.19. The summed E-state index contributed by atoms with van der Waals surface area (Å²) < 4.78 is 0. The van der Waals surface area contributed by atoms with E-state index in [1.165, 1.54) is 0 Å². The number of aliphatic hydroxyl groups is 1. The van der Waals surface area contributed by atoms with Crippen LogP contribution in [-0.4, -0.2) is 22.3 Å². The zero-order chi connectivity index (χ0) is 8.58.